The summed E-state index contributed by atoms with van der Waals surface area (Å²) in [5.41, 5.74) is 4.03. The van der Waals surface area contributed by atoms with Crippen LogP contribution in [0.15, 0.2) is 71.2 Å². The van der Waals surface area contributed by atoms with E-state index in [9.17, 15) is 9.59 Å². The molecule has 0 aliphatic heterocycles. The fraction of sp³-hybridized carbons (Fsp3) is 0.231. The second kappa shape index (κ2) is 10.0. The molecule has 0 fully saturated rings. The van der Waals surface area contributed by atoms with Gasteiger partial charge in [-0.05, 0) is 81.9 Å². The quantitative estimate of drug-likeness (QED) is 0.420. The summed E-state index contributed by atoms with van der Waals surface area (Å²) in [6.07, 6.45) is 0. The minimum Gasteiger partial charge on any atom is -0.483 e. The Balaban J connectivity index is 1.58. The third-order valence-electron chi connectivity index (χ3n) is 4.86. The lowest BCUT2D eigenvalue weighted by Gasteiger charge is -2.19. The lowest BCUT2D eigenvalue weighted by Crippen LogP contribution is -2.20. The lowest BCUT2D eigenvalue weighted by atomic mass is 9.87. The zero-order valence-corrected chi connectivity index (χ0v) is 20.2. The van der Waals surface area contributed by atoms with Gasteiger partial charge in [0.25, 0.3) is 11.8 Å². The van der Waals surface area contributed by atoms with Crippen molar-refractivity contribution in [1.82, 2.24) is 0 Å². The summed E-state index contributed by atoms with van der Waals surface area (Å²) < 4.78 is 6.38. The van der Waals surface area contributed by atoms with Crippen LogP contribution in [0.2, 0.25) is 0 Å². The van der Waals surface area contributed by atoms with E-state index in [1.165, 1.54) is 5.56 Å². The first kappa shape index (κ1) is 23.5. The van der Waals surface area contributed by atoms with E-state index in [0.29, 0.717) is 22.7 Å². The van der Waals surface area contributed by atoms with Crippen molar-refractivity contribution in [3.63, 3.8) is 0 Å². The van der Waals surface area contributed by atoms with Crippen LogP contribution in [0.25, 0.3) is 0 Å². The van der Waals surface area contributed by atoms with Gasteiger partial charge in [-0.25, -0.2) is 0 Å². The van der Waals surface area contributed by atoms with Gasteiger partial charge in [-0.2, -0.15) is 0 Å². The zero-order valence-electron chi connectivity index (χ0n) is 18.7. The van der Waals surface area contributed by atoms with Gasteiger partial charge in [0.2, 0.25) is 0 Å². The SMILES string of the molecule is Cc1ccc(OCC(=O)Nc2cccc(NC(=O)c3ccc(C(C)(C)C)cc3)c2)c(Br)c1. The van der Waals surface area contributed by atoms with Crippen LogP contribution < -0.4 is 15.4 Å². The molecule has 2 amide bonds. The Morgan fingerprint density at radius 3 is 2.19 bits per heavy atom. The van der Waals surface area contributed by atoms with Gasteiger partial charge in [-0.3, -0.25) is 9.59 Å². The summed E-state index contributed by atoms with van der Waals surface area (Å²) in [5.74, 6) is 0.101. The van der Waals surface area contributed by atoms with Gasteiger partial charge in [-0.15, -0.1) is 0 Å². The number of carbonyl (C=O) groups is 2. The molecule has 166 valence electrons. The fourth-order valence-electron chi connectivity index (χ4n) is 3.06. The number of anilines is 2. The van der Waals surface area contributed by atoms with E-state index >= 15 is 0 Å². The zero-order chi connectivity index (χ0) is 23.3. The number of ether oxygens (including phenoxy) is 1. The molecule has 0 aliphatic rings. The Kier molecular flexibility index (Phi) is 7.36. The van der Waals surface area contributed by atoms with E-state index in [1.807, 2.05) is 49.4 Å². The molecule has 0 atom stereocenters. The van der Waals surface area contributed by atoms with E-state index in [4.69, 9.17) is 4.74 Å². The maximum atomic E-state index is 12.6. The standard InChI is InChI=1S/C26H27BrN2O3/c1-17-8-13-23(22(27)14-17)32-16-24(30)28-20-6-5-7-21(15-20)29-25(31)18-9-11-19(12-10-18)26(2,3)4/h5-15H,16H2,1-4H3,(H,28,30)(H,29,31). The second-order valence-electron chi connectivity index (χ2n) is 8.63. The molecule has 2 N–H and O–H groups in total. The summed E-state index contributed by atoms with van der Waals surface area (Å²) in [5, 5.41) is 5.66. The maximum absolute atomic E-state index is 12.6. The molecule has 0 saturated heterocycles. The Morgan fingerprint density at radius 1 is 0.906 bits per heavy atom. The summed E-state index contributed by atoms with van der Waals surface area (Å²) >= 11 is 3.43. The Bertz CT molecular complexity index is 1120. The highest BCUT2D eigenvalue weighted by Gasteiger charge is 2.14. The molecule has 0 radical (unpaired) electrons. The van der Waals surface area contributed by atoms with Crippen LogP contribution >= 0.6 is 15.9 Å². The van der Waals surface area contributed by atoms with Crippen LogP contribution in [0.5, 0.6) is 5.75 Å². The van der Waals surface area contributed by atoms with Crippen LogP contribution in [-0.4, -0.2) is 18.4 Å². The van der Waals surface area contributed by atoms with Crippen LogP contribution in [0.4, 0.5) is 11.4 Å². The largest absolute Gasteiger partial charge is 0.483 e. The van der Waals surface area contributed by atoms with Gasteiger partial charge in [0.15, 0.2) is 6.61 Å². The number of amides is 2. The summed E-state index contributed by atoms with van der Waals surface area (Å²) in [7, 11) is 0. The molecule has 0 unspecified atom stereocenters. The van der Waals surface area contributed by atoms with Gasteiger partial charge in [0.1, 0.15) is 5.75 Å². The summed E-state index contributed by atoms with van der Waals surface area (Å²) in [6.45, 7) is 8.25. The van der Waals surface area contributed by atoms with Crippen molar-refractivity contribution >= 4 is 39.1 Å². The highest BCUT2D eigenvalue weighted by Crippen LogP contribution is 2.26. The van der Waals surface area contributed by atoms with Gasteiger partial charge < -0.3 is 15.4 Å². The van der Waals surface area contributed by atoms with Crippen molar-refractivity contribution in [2.75, 3.05) is 17.2 Å². The molecule has 0 aliphatic carbocycles. The Hall–Kier alpha value is -3.12. The molecule has 32 heavy (non-hydrogen) atoms. The predicted octanol–water partition coefficient (Wildman–Crippen LogP) is 6.32. The minimum absolute atomic E-state index is 0.0286. The third-order valence-corrected chi connectivity index (χ3v) is 5.48. The third kappa shape index (κ3) is 6.44. The van der Waals surface area contributed by atoms with E-state index in [0.717, 1.165) is 10.0 Å². The van der Waals surface area contributed by atoms with Gasteiger partial charge in [0.05, 0.1) is 4.47 Å². The number of benzene rings is 3. The molecule has 3 aromatic rings. The Labute approximate surface area is 197 Å². The van der Waals surface area contributed by atoms with Crippen molar-refractivity contribution in [1.29, 1.82) is 0 Å². The molecule has 3 rings (SSSR count). The predicted molar refractivity (Wildman–Crippen MR) is 133 cm³/mol. The number of hydrogen-bond acceptors (Lipinski definition) is 3. The normalized spacial score (nSPS) is 11.0. The van der Waals surface area contributed by atoms with Crippen molar-refractivity contribution in [2.45, 2.75) is 33.1 Å². The molecular weight excluding hydrogens is 468 g/mol. The maximum Gasteiger partial charge on any atom is 0.262 e. The number of aryl methyl sites for hydroxylation is 1. The number of halogens is 1. The number of hydrogen-bond donors (Lipinski definition) is 2. The van der Waals surface area contributed by atoms with Gasteiger partial charge in [-0.1, -0.05) is 45.0 Å². The first-order valence-electron chi connectivity index (χ1n) is 10.3. The van der Waals surface area contributed by atoms with Crippen molar-refractivity contribution in [2.24, 2.45) is 0 Å². The van der Waals surface area contributed by atoms with Crippen LogP contribution in [-0.2, 0) is 10.2 Å². The highest BCUT2D eigenvalue weighted by atomic mass is 79.9. The molecule has 5 nitrogen and oxygen atoms in total. The van der Waals surface area contributed by atoms with Crippen molar-refractivity contribution in [3.05, 3.63) is 87.9 Å². The lowest BCUT2D eigenvalue weighted by molar-refractivity contribution is -0.118. The van der Waals surface area contributed by atoms with E-state index in [-0.39, 0.29) is 23.8 Å². The molecule has 0 saturated carbocycles. The first-order chi connectivity index (χ1) is 15.1. The molecule has 0 heterocycles. The first-order valence-corrected chi connectivity index (χ1v) is 11.1. The summed E-state index contributed by atoms with van der Waals surface area (Å²) in [6, 6.07) is 20.3. The van der Waals surface area contributed by atoms with E-state index in [2.05, 4.69) is 47.3 Å². The van der Waals surface area contributed by atoms with Crippen molar-refractivity contribution in [3.8, 4) is 5.75 Å². The smallest absolute Gasteiger partial charge is 0.262 e. The highest BCUT2D eigenvalue weighted by molar-refractivity contribution is 9.10. The molecular formula is C26H27BrN2O3. The second-order valence-corrected chi connectivity index (χ2v) is 9.49. The van der Waals surface area contributed by atoms with E-state index < -0.39 is 0 Å². The summed E-state index contributed by atoms with van der Waals surface area (Å²) in [4.78, 5) is 24.9. The minimum atomic E-state index is -0.293. The van der Waals surface area contributed by atoms with Gasteiger partial charge >= 0.3 is 0 Å². The number of rotatable bonds is 6. The molecule has 3 aromatic carbocycles. The van der Waals surface area contributed by atoms with Gasteiger partial charge in [0, 0.05) is 16.9 Å². The number of nitrogens with one attached hydrogen (secondary N) is 2. The number of carbonyl (C=O) groups excluding carboxylic acids is 2. The van der Waals surface area contributed by atoms with Crippen molar-refractivity contribution < 1.29 is 14.3 Å². The molecule has 0 spiro atoms. The fourth-order valence-corrected chi connectivity index (χ4v) is 3.67. The molecule has 0 bridgehead atoms. The topological polar surface area (TPSA) is 67.4 Å². The van der Waals surface area contributed by atoms with Crippen LogP contribution in [0.3, 0.4) is 0 Å². The average molecular weight is 495 g/mol. The Morgan fingerprint density at radius 2 is 1.56 bits per heavy atom. The monoisotopic (exact) mass is 494 g/mol. The van der Waals surface area contributed by atoms with Crippen LogP contribution in [0, 0.1) is 6.92 Å². The van der Waals surface area contributed by atoms with Crippen LogP contribution in [0.1, 0.15) is 42.3 Å². The van der Waals surface area contributed by atoms with E-state index in [1.54, 1.807) is 24.3 Å². The molecule has 6 heteroatoms. The molecule has 0 aromatic heterocycles. The average Bonchev–Trinajstić information content (AvgIpc) is 2.73.